The van der Waals surface area contributed by atoms with E-state index in [1.165, 1.54) is 22.5 Å². The number of hydrogen-bond donors (Lipinski definition) is 1. The van der Waals surface area contributed by atoms with E-state index in [9.17, 15) is 18.5 Å². The molecule has 0 aromatic heterocycles. The lowest BCUT2D eigenvalue weighted by atomic mass is 10.1. The Balaban J connectivity index is 0.00000242. The highest BCUT2D eigenvalue weighted by Crippen LogP contribution is 2.30. The molecule has 0 unspecified atom stereocenters. The van der Waals surface area contributed by atoms with Gasteiger partial charge in [-0.25, -0.2) is 8.42 Å². The van der Waals surface area contributed by atoms with E-state index >= 15 is 0 Å². The molecule has 1 heterocycles. The number of nitrogens with one attached hydrogen (secondary N) is 1. The van der Waals surface area contributed by atoms with E-state index in [0.29, 0.717) is 30.4 Å². The third kappa shape index (κ3) is 3.96. The molecule has 0 bridgehead atoms. The molecule has 124 valence electrons. The minimum Gasteiger partial charge on any atom is -0.317 e. The largest absolute Gasteiger partial charge is 0.317 e. The molecular weight excluding hydrogens is 398 g/mol. The zero-order valence-electron chi connectivity index (χ0n) is 11.9. The molecule has 1 aliphatic heterocycles. The predicted octanol–water partition coefficient (Wildman–Crippen LogP) is 2.15. The van der Waals surface area contributed by atoms with Crippen LogP contribution in [0.15, 0.2) is 27.6 Å². The smallest absolute Gasteiger partial charge is 0.290 e. The van der Waals surface area contributed by atoms with Gasteiger partial charge in [0, 0.05) is 29.7 Å². The second-order valence-electron chi connectivity index (χ2n) is 4.84. The molecule has 1 fully saturated rings. The van der Waals surface area contributed by atoms with E-state index in [1.54, 1.807) is 0 Å². The molecule has 22 heavy (non-hydrogen) atoms. The van der Waals surface area contributed by atoms with Crippen molar-refractivity contribution in [3.8, 4) is 0 Å². The first-order valence-corrected chi connectivity index (χ1v) is 8.71. The highest BCUT2D eigenvalue weighted by Gasteiger charge is 2.33. The van der Waals surface area contributed by atoms with Gasteiger partial charge in [0.15, 0.2) is 4.90 Å². The van der Waals surface area contributed by atoms with Crippen LogP contribution >= 0.6 is 28.3 Å². The molecule has 10 heteroatoms. The van der Waals surface area contributed by atoms with Crippen LogP contribution in [0.1, 0.15) is 12.8 Å². The maximum atomic E-state index is 12.6. The molecule has 0 amide bonds. The van der Waals surface area contributed by atoms with E-state index < -0.39 is 20.6 Å². The van der Waals surface area contributed by atoms with Crippen molar-refractivity contribution in [3.63, 3.8) is 0 Å². The number of rotatable bonds is 4. The van der Waals surface area contributed by atoms with Crippen LogP contribution in [0.25, 0.3) is 0 Å². The first kappa shape index (κ1) is 19.3. The molecule has 1 aromatic rings. The lowest BCUT2D eigenvalue weighted by molar-refractivity contribution is -0.387. The minimum atomic E-state index is -3.84. The lowest BCUT2D eigenvalue weighted by Crippen LogP contribution is -2.43. The summed E-state index contributed by atoms with van der Waals surface area (Å²) in [6.45, 7) is 0.724. The van der Waals surface area contributed by atoms with E-state index in [0.717, 1.165) is 0 Å². The molecule has 0 spiro atoms. The highest BCUT2D eigenvalue weighted by atomic mass is 79.9. The summed E-state index contributed by atoms with van der Waals surface area (Å²) in [5, 5.41) is 14.2. The second-order valence-corrected chi connectivity index (χ2v) is 7.66. The van der Waals surface area contributed by atoms with Crippen molar-refractivity contribution in [2.45, 2.75) is 23.8 Å². The maximum absolute atomic E-state index is 12.6. The fourth-order valence-corrected chi connectivity index (χ4v) is 4.33. The number of sulfonamides is 1. The fourth-order valence-electron chi connectivity index (χ4n) is 2.38. The SMILES string of the molecule is CNC1CCN(S(=O)(=O)c2ccc(Br)cc2[N+](=O)[O-])CC1.Cl. The number of benzene rings is 1. The zero-order valence-corrected chi connectivity index (χ0v) is 15.1. The van der Waals surface area contributed by atoms with Gasteiger partial charge in [0.1, 0.15) is 0 Å². The van der Waals surface area contributed by atoms with Gasteiger partial charge in [0.2, 0.25) is 10.0 Å². The van der Waals surface area contributed by atoms with Gasteiger partial charge in [0.25, 0.3) is 5.69 Å². The van der Waals surface area contributed by atoms with Crippen LogP contribution in [0.4, 0.5) is 5.69 Å². The van der Waals surface area contributed by atoms with Crippen molar-refractivity contribution in [1.82, 2.24) is 9.62 Å². The Morgan fingerprint density at radius 2 is 1.95 bits per heavy atom. The topological polar surface area (TPSA) is 92.6 Å². The van der Waals surface area contributed by atoms with E-state index in [-0.39, 0.29) is 23.3 Å². The summed E-state index contributed by atoms with van der Waals surface area (Å²) in [5.41, 5.74) is -0.403. The quantitative estimate of drug-likeness (QED) is 0.602. The summed E-state index contributed by atoms with van der Waals surface area (Å²) in [6.07, 6.45) is 1.39. The molecule has 0 saturated carbocycles. The van der Waals surface area contributed by atoms with Crippen LogP contribution < -0.4 is 5.32 Å². The Bertz CT molecular complexity index is 648. The average Bonchev–Trinajstić information content (AvgIpc) is 2.47. The van der Waals surface area contributed by atoms with Gasteiger partial charge < -0.3 is 5.32 Å². The lowest BCUT2D eigenvalue weighted by Gasteiger charge is -2.30. The molecule has 1 saturated heterocycles. The molecule has 0 aliphatic carbocycles. The highest BCUT2D eigenvalue weighted by molar-refractivity contribution is 9.10. The Hall–Kier alpha value is -0.740. The van der Waals surface area contributed by atoms with Crippen LogP contribution in [0.3, 0.4) is 0 Å². The Morgan fingerprint density at radius 3 is 2.45 bits per heavy atom. The van der Waals surface area contributed by atoms with Crippen LogP contribution in [-0.2, 0) is 10.0 Å². The molecule has 0 atom stereocenters. The zero-order chi connectivity index (χ0) is 15.6. The standard InChI is InChI=1S/C12H16BrN3O4S.ClH/c1-14-10-4-6-15(7-5-10)21(19,20)12-3-2-9(13)8-11(12)16(17)18;/h2-3,8,10,14H,4-7H2,1H3;1H. The van der Waals surface area contributed by atoms with Gasteiger partial charge >= 0.3 is 0 Å². The number of nitrogens with zero attached hydrogens (tertiary/aromatic N) is 2. The maximum Gasteiger partial charge on any atom is 0.290 e. The Labute approximate surface area is 143 Å². The van der Waals surface area contributed by atoms with Gasteiger partial charge in [-0.3, -0.25) is 10.1 Å². The summed E-state index contributed by atoms with van der Waals surface area (Å²) < 4.78 is 27.0. The molecule has 1 aromatic carbocycles. The normalized spacial score (nSPS) is 17.0. The first-order valence-electron chi connectivity index (χ1n) is 6.47. The van der Waals surface area contributed by atoms with E-state index in [2.05, 4.69) is 21.2 Å². The summed E-state index contributed by atoms with van der Waals surface area (Å²) in [4.78, 5) is 10.2. The number of halogens is 2. The minimum absolute atomic E-state index is 0. The van der Waals surface area contributed by atoms with Crippen LogP contribution in [0.5, 0.6) is 0 Å². The number of piperidine rings is 1. The van der Waals surface area contributed by atoms with Crippen molar-refractivity contribution in [2.75, 3.05) is 20.1 Å². The second kappa shape index (κ2) is 7.69. The Morgan fingerprint density at radius 1 is 1.36 bits per heavy atom. The van der Waals surface area contributed by atoms with Crippen LogP contribution in [0, 0.1) is 10.1 Å². The third-order valence-electron chi connectivity index (χ3n) is 3.60. The van der Waals surface area contributed by atoms with Crippen molar-refractivity contribution >= 4 is 44.0 Å². The van der Waals surface area contributed by atoms with Gasteiger partial charge in [-0.1, -0.05) is 15.9 Å². The number of hydrogen-bond acceptors (Lipinski definition) is 5. The molecule has 2 rings (SSSR count). The number of nitro groups is 1. The molecule has 1 N–H and O–H groups in total. The molecule has 7 nitrogen and oxygen atoms in total. The number of nitro benzene ring substituents is 1. The van der Waals surface area contributed by atoms with Crippen molar-refractivity contribution < 1.29 is 13.3 Å². The first-order chi connectivity index (χ1) is 9.86. The van der Waals surface area contributed by atoms with Gasteiger partial charge in [-0.2, -0.15) is 4.31 Å². The van der Waals surface area contributed by atoms with Gasteiger partial charge in [-0.15, -0.1) is 12.4 Å². The van der Waals surface area contributed by atoms with Crippen molar-refractivity contribution in [2.24, 2.45) is 0 Å². The van der Waals surface area contributed by atoms with Gasteiger partial charge in [-0.05, 0) is 32.0 Å². The van der Waals surface area contributed by atoms with E-state index in [1.807, 2.05) is 7.05 Å². The molecule has 1 aliphatic rings. The van der Waals surface area contributed by atoms with Crippen LogP contribution in [-0.4, -0.2) is 43.8 Å². The summed E-state index contributed by atoms with van der Waals surface area (Å²) >= 11 is 3.12. The third-order valence-corrected chi connectivity index (χ3v) is 6.04. The van der Waals surface area contributed by atoms with Crippen molar-refractivity contribution in [1.29, 1.82) is 0 Å². The molecule has 0 radical (unpaired) electrons. The summed E-state index contributed by atoms with van der Waals surface area (Å²) in [6, 6.07) is 4.28. The monoisotopic (exact) mass is 413 g/mol. The summed E-state index contributed by atoms with van der Waals surface area (Å²) in [5.74, 6) is 0. The van der Waals surface area contributed by atoms with E-state index in [4.69, 9.17) is 0 Å². The predicted molar refractivity (Wildman–Crippen MR) is 88.9 cm³/mol. The molecular formula is C12H17BrClN3O4S. The summed E-state index contributed by atoms with van der Waals surface area (Å²) in [7, 11) is -2.00. The van der Waals surface area contributed by atoms with Crippen LogP contribution in [0.2, 0.25) is 0 Å². The van der Waals surface area contributed by atoms with Gasteiger partial charge in [0.05, 0.1) is 4.92 Å². The fraction of sp³-hybridized carbons (Fsp3) is 0.500. The Kier molecular flexibility index (Phi) is 6.75. The van der Waals surface area contributed by atoms with Crippen molar-refractivity contribution in [3.05, 3.63) is 32.8 Å². The average molecular weight is 415 g/mol.